The third-order valence-corrected chi connectivity index (χ3v) is 4.88. The molecule has 3 rings (SSSR count). The monoisotopic (exact) mass is 260 g/mol. The predicted molar refractivity (Wildman–Crippen MR) is 75.8 cm³/mol. The Morgan fingerprint density at radius 2 is 2.28 bits per heavy atom. The lowest BCUT2D eigenvalue weighted by Gasteiger charge is -2.15. The number of nitrogen functional groups attached to an aromatic ring is 1. The molecule has 2 heterocycles. The molecule has 1 saturated heterocycles. The van der Waals surface area contributed by atoms with E-state index in [1.54, 1.807) is 0 Å². The SMILES string of the molecule is CC1OCCC1Sc1ccnc2c(N)cccc12. The van der Waals surface area contributed by atoms with Crippen LogP contribution in [-0.2, 0) is 4.74 Å². The maximum atomic E-state index is 5.96. The first kappa shape index (κ1) is 11.8. The molecule has 2 unspecified atom stereocenters. The molecule has 0 spiro atoms. The van der Waals surface area contributed by atoms with Gasteiger partial charge < -0.3 is 10.5 Å². The van der Waals surface area contributed by atoms with E-state index in [1.165, 1.54) is 4.90 Å². The highest BCUT2D eigenvalue weighted by Gasteiger charge is 2.25. The second kappa shape index (κ2) is 4.78. The number of benzene rings is 1. The zero-order chi connectivity index (χ0) is 12.5. The summed E-state index contributed by atoms with van der Waals surface area (Å²) < 4.78 is 5.61. The van der Waals surface area contributed by atoms with Crippen LogP contribution in [0.25, 0.3) is 10.9 Å². The molecule has 2 N–H and O–H groups in total. The summed E-state index contributed by atoms with van der Waals surface area (Å²) >= 11 is 1.88. The Hall–Kier alpha value is -1.26. The lowest BCUT2D eigenvalue weighted by atomic mass is 10.2. The molecule has 2 aromatic rings. The van der Waals surface area contributed by atoms with Crippen molar-refractivity contribution in [3.63, 3.8) is 0 Å². The maximum absolute atomic E-state index is 5.96. The van der Waals surface area contributed by atoms with Crippen molar-refractivity contribution in [3.8, 4) is 0 Å². The summed E-state index contributed by atoms with van der Waals surface area (Å²) in [4.78, 5) is 5.61. The molecule has 0 radical (unpaired) electrons. The maximum Gasteiger partial charge on any atom is 0.0942 e. The van der Waals surface area contributed by atoms with Crippen LogP contribution in [0.4, 0.5) is 5.69 Å². The van der Waals surface area contributed by atoms with Gasteiger partial charge in [-0.3, -0.25) is 4.98 Å². The second-order valence-electron chi connectivity index (χ2n) is 4.57. The molecule has 0 amide bonds. The van der Waals surface area contributed by atoms with Crippen molar-refractivity contribution in [2.75, 3.05) is 12.3 Å². The van der Waals surface area contributed by atoms with E-state index in [0.717, 1.165) is 29.6 Å². The summed E-state index contributed by atoms with van der Waals surface area (Å²) in [6.45, 7) is 3.01. The molecule has 3 nitrogen and oxygen atoms in total. The molecule has 18 heavy (non-hydrogen) atoms. The second-order valence-corrected chi connectivity index (χ2v) is 5.85. The molecule has 4 heteroatoms. The van der Waals surface area contributed by atoms with Gasteiger partial charge in [0, 0.05) is 28.3 Å². The number of pyridine rings is 1. The van der Waals surface area contributed by atoms with Crippen LogP contribution in [0.1, 0.15) is 13.3 Å². The number of nitrogens with zero attached hydrogens (tertiary/aromatic N) is 1. The molecule has 1 fully saturated rings. The van der Waals surface area contributed by atoms with Gasteiger partial charge in [-0.1, -0.05) is 12.1 Å². The Bertz CT molecular complexity index is 573. The number of rotatable bonds is 2. The van der Waals surface area contributed by atoms with E-state index in [1.807, 2.05) is 30.1 Å². The molecule has 2 atom stereocenters. The number of hydrogen-bond acceptors (Lipinski definition) is 4. The summed E-state index contributed by atoms with van der Waals surface area (Å²) in [5, 5.41) is 1.67. The quantitative estimate of drug-likeness (QED) is 0.843. The van der Waals surface area contributed by atoms with Crippen molar-refractivity contribution in [1.29, 1.82) is 0 Å². The number of nitrogens with two attached hydrogens (primary N) is 1. The average molecular weight is 260 g/mol. The molecule has 1 aliphatic heterocycles. The lowest BCUT2D eigenvalue weighted by molar-refractivity contribution is 0.127. The highest BCUT2D eigenvalue weighted by atomic mass is 32.2. The first-order valence-corrected chi connectivity index (χ1v) is 7.05. The van der Waals surface area contributed by atoms with E-state index in [-0.39, 0.29) is 0 Å². The van der Waals surface area contributed by atoms with Gasteiger partial charge in [-0.25, -0.2) is 0 Å². The van der Waals surface area contributed by atoms with Crippen LogP contribution >= 0.6 is 11.8 Å². The Labute approximate surface area is 111 Å². The molecular formula is C14H16N2OS. The highest BCUT2D eigenvalue weighted by Crippen LogP contribution is 2.36. The van der Waals surface area contributed by atoms with E-state index in [4.69, 9.17) is 10.5 Å². The Morgan fingerprint density at radius 1 is 1.39 bits per heavy atom. The molecule has 1 aromatic heterocycles. The number of anilines is 1. The van der Waals surface area contributed by atoms with Crippen LogP contribution in [0.5, 0.6) is 0 Å². The number of thioether (sulfide) groups is 1. The lowest BCUT2D eigenvalue weighted by Crippen LogP contribution is -2.13. The Balaban J connectivity index is 1.99. The fourth-order valence-corrected chi connectivity index (χ4v) is 3.55. The predicted octanol–water partition coefficient (Wildman–Crippen LogP) is 3.09. The van der Waals surface area contributed by atoms with E-state index in [2.05, 4.69) is 24.0 Å². The van der Waals surface area contributed by atoms with Crippen LogP contribution in [0, 0.1) is 0 Å². The number of para-hydroxylation sites is 1. The summed E-state index contributed by atoms with van der Waals surface area (Å²) in [6, 6.07) is 8.03. The van der Waals surface area contributed by atoms with Crippen molar-refractivity contribution >= 4 is 28.4 Å². The first-order chi connectivity index (χ1) is 8.75. The minimum atomic E-state index is 0.319. The highest BCUT2D eigenvalue weighted by molar-refractivity contribution is 8.00. The average Bonchev–Trinajstić information content (AvgIpc) is 2.77. The van der Waals surface area contributed by atoms with Gasteiger partial charge in [-0.15, -0.1) is 11.8 Å². The van der Waals surface area contributed by atoms with Crippen LogP contribution in [0.15, 0.2) is 35.4 Å². The van der Waals surface area contributed by atoms with Gasteiger partial charge in [0.1, 0.15) is 0 Å². The van der Waals surface area contributed by atoms with Gasteiger partial charge in [-0.05, 0) is 25.5 Å². The standard InChI is InChI=1S/C14H16N2OS/c1-9-12(6-8-17-9)18-13-5-7-16-14-10(13)3-2-4-11(14)15/h2-5,7,9,12H,6,8,15H2,1H3. The van der Waals surface area contributed by atoms with Gasteiger partial charge in [0.05, 0.1) is 17.3 Å². The van der Waals surface area contributed by atoms with Gasteiger partial charge in [-0.2, -0.15) is 0 Å². The van der Waals surface area contributed by atoms with Crippen molar-refractivity contribution in [2.24, 2.45) is 0 Å². The van der Waals surface area contributed by atoms with Gasteiger partial charge >= 0.3 is 0 Å². The molecule has 1 aliphatic rings. The van der Waals surface area contributed by atoms with Crippen LogP contribution in [0.3, 0.4) is 0 Å². The topological polar surface area (TPSA) is 48.1 Å². The third kappa shape index (κ3) is 2.06. The largest absolute Gasteiger partial charge is 0.397 e. The first-order valence-electron chi connectivity index (χ1n) is 6.17. The molecule has 0 bridgehead atoms. The summed E-state index contributed by atoms with van der Waals surface area (Å²) in [5.41, 5.74) is 7.60. The molecule has 0 aliphatic carbocycles. The van der Waals surface area contributed by atoms with Gasteiger partial charge in [0.2, 0.25) is 0 Å². The molecular weight excluding hydrogens is 244 g/mol. The summed E-state index contributed by atoms with van der Waals surface area (Å²) in [5.74, 6) is 0. The van der Waals surface area contributed by atoms with Crippen LogP contribution in [0.2, 0.25) is 0 Å². The Morgan fingerprint density at radius 3 is 3.06 bits per heavy atom. The van der Waals surface area contributed by atoms with Crippen LogP contribution in [-0.4, -0.2) is 22.9 Å². The van der Waals surface area contributed by atoms with Crippen molar-refractivity contribution < 1.29 is 4.74 Å². The van der Waals surface area contributed by atoms with E-state index < -0.39 is 0 Å². The smallest absolute Gasteiger partial charge is 0.0942 e. The Kier molecular flexibility index (Phi) is 3.14. The number of aromatic nitrogens is 1. The summed E-state index contributed by atoms with van der Waals surface area (Å²) in [6.07, 6.45) is 3.26. The normalized spacial score (nSPS) is 23.6. The number of hydrogen-bond donors (Lipinski definition) is 1. The van der Waals surface area contributed by atoms with Gasteiger partial charge in [0.15, 0.2) is 0 Å². The van der Waals surface area contributed by atoms with Crippen molar-refractivity contribution in [2.45, 2.75) is 29.6 Å². The van der Waals surface area contributed by atoms with Gasteiger partial charge in [0.25, 0.3) is 0 Å². The van der Waals surface area contributed by atoms with E-state index in [9.17, 15) is 0 Å². The van der Waals surface area contributed by atoms with E-state index in [0.29, 0.717) is 11.4 Å². The third-order valence-electron chi connectivity index (χ3n) is 3.35. The number of ether oxygens (including phenoxy) is 1. The van der Waals surface area contributed by atoms with Crippen LogP contribution < -0.4 is 5.73 Å². The minimum Gasteiger partial charge on any atom is -0.397 e. The van der Waals surface area contributed by atoms with E-state index >= 15 is 0 Å². The van der Waals surface area contributed by atoms with Crippen molar-refractivity contribution in [3.05, 3.63) is 30.5 Å². The zero-order valence-corrected chi connectivity index (χ0v) is 11.1. The molecule has 0 saturated carbocycles. The fourth-order valence-electron chi connectivity index (χ4n) is 2.31. The number of fused-ring (bicyclic) bond motifs is 1. The summed E-state index contributed by atoms with van der Waals surface area (Å²) in [7, 11) is 0. The fraction of sp³-hybridized carbons (Fsp3) is 0.357. The minimum absolute atomic E-state index is 0.319. The molecule has 1 aromatic carbocycles. The zero-order valence-electron chi connectivity index (χ0n) is 10.3. The van der Waals surface area contributed by atoms with Crippen molar-refractivity contribution in [1.82, 2.24) is 4.98 Å². The molecule has 94 valence electrons.